The molecule has 1 aromatic rings. The summed E-state index contributed by atoms with van der Waals surface area (Å²) in [6, 6.07) is 4.93. The number of ether oxygens (including phenoxy) is 1. The molecule has 2 rings (SSSR count). The lowest BCUT2D eigenvalue weighted by Gasteiger charge is -2.15. The van der Waals surface area contributed by atoms with Crippen molar-refractivity contribution in [2.24, 2.45) is 0 Å². The molecule has 136 valence electrons. The first-order chi connectivity index (χ1) is 11.7. The van der Waals surface area contributed by atoms with E-state index in [1.807, 2.05) is 19.1 Å². The normalized spacial score (nSPS) is 20.4. The fourth-order valence-electron chi connectivity index (χ4n) is 2.37. The van der Waals surface area contributed by atoms with E-state index in [1.54, 1.807) is 12.1 Å². The molecule has 6 nitrogen and oxygen atoms in total. The first kappa shape index (κ1) is 19.5. The number of benzene rings is 1. The number of carbonyl (C=O) groups is 2. The number of hydrogen-bond acceptors (Lipinski definition) is 5. The molecule has 0 spiro atoms. The zero-order valence-electron chi connectivity index (χ0n) is 14.0. The van der Waals surface area contributed by atoms with Crippen molar-refractivity contribution in [3.63, 3.8) is 0 Å². The maximum Gasteiger partial charge on any atom is 0.331 e. The molecule has 0 bridgehead atoms. The number of carbonyl (C=O) groups excluding carboxylic acids is 2. The van der Waals surface area contributed by atoms with Crippen LogP contribution in [0.5, 0.6) is 0 Å². The minimum Gasteiger partial charge on any atom is -0.449 e. The quantitative estimate of drug-likeness (QED) is 0.617. The Labute approximate surface area is 152 Å². The largest absolute Gasteiger partial charge is 0.449 e. The predicted octanol–water partition coefficient (Wildman–Crippen LogP) is 1.90. The van der Waals surface area contributed by atoms with Crippen LogP contribution in [-0.2, 0) is 24.2 Å². The molecule has 1 N–H and O–H groups in total. The molecule has 0 unspecified atom stereocenters. The Morgan fingerprint density at radius 2 is 2.12 bits per heavy atom. The van der Waals surface area contributed by atoms with Crippen LogP contribution in [0.1, 0.15) is 24.5 Å². The molecule has 1 amide bonds. The second kappa shape index (κ2) is 8.01. The van der Waals surface area contributed by atoms with Crippen molar-refractivity contribution in [3.05, 3.63) is 40.4 Å². The highest BCUT2D eigenvalue weighted by Crippen LogP contribution is 2.17. The molecule has 0 aliphatic carbocycles. The summed E-state index contributed by atoms with van der Waals surface area (Å²) < 4.78 is 27.8. The molecule has 1 aromatic carbocycles. The molecule has 1 aliphatic heterocycles. The Hall–Kier alpha value is -1.86. The van der Waals surface area contributed by atoms with Crippen molar-refractivity contribution in [1.29, 1.82) is 0 Å². The van der Waals surface area contributed by atoms with Gasteiger partial charge in [-0.2, -0.15) is 0 Å². The van der Waals surface area contributed by atoms with Crippen LogP contribution < -0.4 is 5.32 Å². The maximum atomic E-state index is 12.0. The minimum absolute atomic E-state index is 0.0635. The molecule has 1 heterocycles. The van der Waals surface area contributed by atoms with Crippen molar-refractivity contribution >= 4 is 39.4 Å². The summed E-state index contributed by atoms with van der Waals surface area (Å²) in [7, 11) is -3.08. The van der Waals surface area contributed by atoms with Gasteiger partial charge in [-0.1, -0.05) is 23.7 Å². The Kier molecular flexibility index (Phi) is 6.24. The lowest BCUT2D eigenvalue weighted by atomic mass is 10.1. The van der Waals surface area contributed by atoms with Crippen LogP contribution in [0, 0.1) is 6.92 Å². The van der Waals surface area contributed by atoms with Gasteiger partial charge in [0.15, 0.2) is 15.9 Å². The van der Waals surface area contributed by atoms with Gasteiger partial charge in [-0.05, 0) is 43.5 Å². The Bertz CT molecular complexity index is 803. The van der Waals surface area contributed by atoms with Gasteiger partial charge in [-0.3, -0.25) is 4.79 Å². The van der Waals surface area contributed by atoms with E-state index in [2.05, 4.69) is 5.32 Å². The number of halogens is 1. The van der Waals surface area contributed by atoms with Crippen LogP contribution >= 0.6 is 11.6 Å². The number of rotatable bonds is 5. The van der Waals surface area contributed by atoms with Gasteiger partial charge >= 0.3 is 5.97 Å². The SMILES string of the molecule is Cc1ccc(/C=C/C(=O)O[C@H](C)C(=O)N[C@H]2CCS(=O)(=O)C2)cc1Cl. The molecule has 2 atom stereocenters. The van der Waals surface area contributed by atoms with Crippen molar-refractivity contribution < 1.29 is 22.7 Å². The van der Waals surface area contributed by atoms with Gasteiger partial charge in [0.05, 0.1) is 11.5 Å². The van der Waals surface area contributed by atoms with Crippen LogP contribution in [0.4, 0.5) is 0 Å². The van der Waals surface area contributed by atoms with E-state index in [4.69, 9.17) is 16.3 Å². The van der Waals surface area contributed by atoms with E-state index >= 15 is 0 Å². The molecule has 0 radical (unpaired) electrons. The fourth-order valence-corrected chi connectivity index (χ4v) is 4.23. The minimum atomic E-state index is -3.08. The van der Waals surface area contributed by atoms with Gasteiger partial charge in [0.1, 0.15) is 0 Å². The number of nitrogens with one attached hydrogen (secondary N) is 1. The fraction of sp³-hybridized carbons (Fsp3) is 0.412. The van der Waals surface area contributed by atoms with Crippen LogP contribution in [0.3, 0.4) is 0 Å². The predicted molar refractivity (Wildman–Crippen MR) is 96.0 cm³/mol. The third-order valence-corrected chi connectivity index (χ3v) is 6.02. The molecular formula is C17H20ClNO5S. The van der Waals surface area contributed by atoms with E-state index in [1.165, 1.54) is 13.0 Å². The van der Waals surface area contributed by atoms with E-state index in [0.717, 1.165) is 11.1 Å². The highest BCUT2D eigenvalue weighted by Gasteiger charge is 2.30. The first-order valence-corrected chi connectivity index (χ1v) is 10.0. The van der Waals surface area contributed by atoms with Gasteiger partial charge in [-0.15, -0.1) is 0 Å². The number of amides is 1. The Morgan fingerprint density at radius 1 is 1.40 bits per heavy atom. The van der Waals surface area contributed by atoms with Crippen molar-refractivity contribution in [2.75, 3.05) is 11.5 Å². The number of aryl methyl sites for hydroxylation is 1. The van der Waals surface area contributed by atoms with Crippen LogP contribution in [0.25, 0.3) is 6.08 Å². The van der Waals surface area contributed by atoms with Gasteiger partial charge < -0.3 is 10.1 Å². The highest BCUT2D eigenvalue weighted by atomic mass is 35.5. The smallest absolute Gasteiger partial charge is 0.331 e. The average molecular weight is 386 g/mol. The van der Waals surface area contributed by atoms with Crippen molar-refractivity contribution in [3.8, 4) is 0 Å². The maximum absolute atomic E-state index is 12.0. The van der Waals surface area contributed by atoms with E-state index in [9.17, 15) is 18.0 Å². The third kappa shape index (κ3) is 5.86. The summed E-state index contributed by atoms with van der Waals surface area (Å²) in [5.41, 5.74) is 1.67. The standard InChI is InChI=1S/C17H20ClNO5S/c1-11-3-4-13(9-15(11)18)5-6-16(20)24-12(2)17(21)19-14-7-8-25(22,23)10-14/h3-6,9,12,14H,7-8,10H2,1-2H3,(H,19,21)/b6-5+/t12-,14+/m1/s1. The number of sulfone groups is 1. The van der Waals surface area contributed by atoms with Gasteiger partial charge in [-0.25, -0.2) is 13.2 Å². The highest BCUT2D eigenvalue weighted by molar-refractivity contribution is 7.91. The van der Waals surface area contributed by atoms with E-state index < -0.39 is 33.9 Å². The molecule has 0 saturated carbocycles. The lowest BCUT2D eigenvalue weighted by Crippen LogP contribution is -2.42. The van der Waals surface area contributed by atoms with Crippen LogP contribution in [0.2, 0.25) is 5.02 Å². The molecule has 1 aliphatic rings. The third-order valence-electron chi connectivity index (χ3n) is 3.85. The van der Waals surface area contributed by atoms with Gasteiger partial charge in [0, 0.05) is 17.1 Å². The molecule has 25 heavy (non-hydrogen) atoms. The summed E-state index contributed by atoms with van der Waals surface area (Å²) in [4.78, 5) is 23.8. The summed E-state index contributed by atoms with van der Waals surface area (Å²) in [5, 5.41) is 3.18. The average Bonchev–Trinajstić information content (AvgIpc) is 2.87. The monoisotopic (exact) mass is 385 g/mol. The van der Waals surface area contributed by atoms with Crippen LogP contribution in [0.15, 0.2) is 24.3 Å². The van der Waals surface area contributed by atoms with Gasteiger partial charge in [0.25, 0.3) is 5.91 Å². The van der Waals surface area contributed by atoms with E-state index in [0.29, 0.717) is 11.4 Å². The molecular weight excluding hydrogens is 366 g/mol. The zero-order chi connectivity index (χ0) is 18.6. The molecule has 8 heteroatoms. The first-order valence-electron chi connectivity index (χ1n) is 7.82. The zero-order valence-corrected chi connectivity index (χ0v) is 15.6. The topological polar surface area (TPSA) is 89.5 Å². The molecule has 1 fully saturated rings. The lowest BCUT2D eigenvalue weighted by molar-refractivity contribution is -0.150. The number of esters is 1. The summed E-state index contributed by atoms with van der Waals surface area (Å²) >= 11 is 6.01. The summed E-state index contributed by atoms with van der Waals surface area (Å²) in [6.07, 6.45) is 2.12. The second-order valence-corrected chi connectivity index (χ2v) is 8.67. The second-order valence-electron chi connectivity index (χ2n) is 6.03. The van der Waals surface area contributed by atoms with Crippen LogP contribution in [-0.4, -0.2) is 43.9 Å². The summed E-state index contributed by atoms with van der Waals surface area (Å²) in [5.74, 6) is -1.19. The summed E-state index contributed by atoms with van der Waals surface area (Å²) in [6.45, 7) is 3.31. The molecule has 1 saturated heterocycles. The van der Waals surface area contributed by atoms with Crippen molar-refractivity contribution in [1.82, 2.24) is 5.32 Å². The Balaban J connectivity index is 1.85. The van der Waals surface area contributed by atoms with Gasteiger partial charge in [0.2, 0.25) is 0 Å². The van der Waals surface area contributed by atoms with E-state index in [-0.39, 0.29) is 11.5 Å². The Morgan fingerprint density at radius 3 is 2.72 bits per heavy atom. The number of hydrogen-bond donors (Lipinski definition) is 1. The van der Waals surface area contributed by atoms with Crippen molar-refractivity contribution in [2.45, 2.75) is 32.4 Å². The molecule has 0 aromatic heterocycles.